The van der Waals surface area contributed by atoms with Gasteiger partial charge in [0.05, 0.1) is 17.9 Å². The van der Waals surface area contributed by atoms with Gasteiger partial charge in [0.25, 0.3) is 0 Å². The Morgan fingerprint density at radius 3 is 1.67 bits per heavy atom. The van der Waals surface area contributed by atoms with Crippen molar-refractivity contribution in [3.05, 3.63) is 0 Å². The Balaban J connectivity index is 3.47. The number of rotatable bonds is 14. The summed E-state index contributed by atoms with van der Waals surface area (Å²) in [7, 11) is 1.44. The zero-order valence-corrected chi connectivity index (χ0v) is 17.5. The highest BCUT2D eigenvalue weighted by atomic mass is 32.2. The summed E-state index contributed by atoms with van der Waals surface area (Å²) in [6.45, 7) is 7.45. The lowest BCUT2D eigenvalue weighted by atomic mass is 9.88. The molecule has 142 valence electrons. The quantitative estimate of drug-likeness (QED) is 0.349. The van der Waals surface area contributed by atoms with E-state index in [4.69, 9.17) is 9.84 Å². The molecule has 0 aromatic rings. The Labute approximate surface area is 155 Å². The molecule has 0 aromatic heterocycles. The average molecular weight is 379 g/mol. The third-order valence-electron chi connectivity index (χ3n) is 4.08. The van der Waals surface area contributed by atoms with Gasteiger partial charge in [0.1, 0.15) is 0 Å². The van der Waals surface area contributed by atoms with Crippen LogP contribution >= 0.6 is 23.5 Å². The number of carbonyl (C=O) groups is 2. The number of carboxylic acids is 1. The molecule has 0 saturated heterocycles. The zero-order chi connectivity index (χ0) is 18.6. The van der Waals surface area contributed by atoms with E-state index in [2.05, 4.69) is 0 Å². The molecule has 0 radical (unpaired) electrons. The van der Waals surface area contributed by atoms with E-state index >= 15 is 0 Å². The lowest BCUT2D eigenvalue weighted by molar-refractivity contribution is -0.151. The van der Waals surface area contributed by atoms with Crippen molar-refractivity contribution in [3.8, 4) is 0 Å². The van der Waals surface area contributed by atoms with Gasteiger partial charge in [0.15, 0.2) is 0 Å². The van der Waals surface area contributed by atoms with Crippen LogP contribution in [0.5, 0.6) is 0 Å². The molecule has 6 heteroatoms. The van der Waals surface area contributed by atoms with Crippen LogP contribution in [0.2, 0.25) is 0 Å². The van der Waals surface area contributed by atoms with Gasteiger partial charge in [-0.15, -0.1) is 0 Å². The number of esters is 1. The molecule has 0 aliphatic rings. The Bertz CT molecular complexity index is 381. The summed E-state index contributed by atoms with van der Waals surface area (Å²) in [6.07, 6.45) is 4.77. The highest BCUT2D eigenvalue weighted by Crippen LogP contribution is 2.25. The van der Waals surface area contributed by atoms with Gasteiger partial charge in [-0.25, -0.2) is 0 Å². The summed E-state index contributed by atoms with van der Waals surface area (Å²) in [4.78, 5) is 22.6. The minimum Gasteiger partial charge on any atom is -0.481 e. The van der Waals surface area contributed by atoms with E-state index in [1.54, 1.807) is 13.8 Å². The molecule has 0 aliphatic carbocycles. The maximum atomic E-state index is 11.6. The lowest BCUT2D eigenvalue weighted by Crippen LogP contribution is -2.25. The Kier molecular flexibility index (Phi) is 11.9. The van der Waals surface area contributed by atoms with Crippen molar-refractivity contribution in [1.29, 1.82) is 0 Å². The predicted molar refractivity (Wildman–Crippen MR) is 105 cm³/mol. The SMILES string of the molecule is COC(=O)C(C)(C)CCCSCCCSCCCC(C)(C)C(=O)O. The van der Waals surface area contributed by atoms with E-state index in [-0.39, 0.29) is 11.4 Å². The molecule has 24 heavy (non-hydrogen) atoms. The summed E-state index contributed by atoms with van der Waals surface area (Å²) >= 11 is 3.86. The van der Waals surface area contributed by atoms with Crippen molar-refractivity contribution in [2.45, 2.75) is 59.8 Å². The number of carbonyl (C=O) groups excluding carboxylic acids is 1. The molecular formula is C18H34O4S2. The summed E-state index contributed by atoms with van der Waals surface area (Å²) in [5.41, 5.74) is -0.983. The standard InChI is InChI=1S/C18H34O4S2/c1-17(2,15(19)20)9-6-11-23-13-8-14-24-12-7-10-18(3,4)16(21)22-5/h6-14H2,1-5H3,(H,19,20). The van der Waals surface area contributed by atoms with E-state index in [0.29, 0.717) is 0 Å². The van der Waals surface area contributed by atoms with Crippen molar-refractivity contribution in [2.75, 3.05) is 30.1 Å². The summed E-state index contributed by atoms with van der Waals surface area (Å²) in [5.74, 6) is 3.56. The Morgan fingerprint density at radius 2 is 1.25 bits per heavy atom. The van der Waals surface area contributed by atoms with Crippen molar-refractivity contribution >= 4 is 35.5 Å². The number of methoxy groups -OCH3 is 1. The Hall–Kier alpha value is -0.360. The topological polar surface area (TPSA) is 63.6 Å². The first-order valence-electron chi connectivity index (χ1n) is 8.61. The van der Waals surface area contributed by atoms with Crippen molar-refractivity contribution in [2.24, 2.45) is 10.8 Å². The molecule has 0 amide bonds. The molecule has 1 N–H and O–H groups in total. The largest absolute Gasteiger partial charge is 0.481 e. The number of thioether (sulfide) groups is 2. The van der Waals surface area contributed by atoms with E-state index in [1.165, 1.54) is 13.5 Å². The highest BCUT2D eigenvalue weighted by Gasteiger charge is 2.27. The van der Waals surface area contributed by atoms with Gasteiger partial charge in [-0.2, -0.15) is 23.5 Å². The molecule has 0 bridgehead atoms. The smallest absolute Gasteiger partial charge is 0.311 e. The van der Waals surface area contributed by atoms with Gasteiger partial charge < -0.3 is 9.84 Å². The number of aliphatic carboxylic acids is 1. The van der Waals surface area contributed by atoms with Gasteiger partial charge in [0.2, 0.25) is 0 Å². The number of hydrogen-bond acceptors (Lipinski definition) is 5. The van der Waals surface area contributed by atoms with Crippen LogP contribution in [-0.4, -0.2) is 47.2 Å². The summed E-state index contributed by atoms with van der Waals surface area (Å²) < 4.78 is 4.81. The molecule has 0 unspecified atom stereocenters. The van der Waals surface area contributed by atoms with Crippen LogP contribution in [0.4, 0.5) is 0 Å². The number of hydrogen-bond donors (Lipinski definition) is 1. The first-order valence-corrected chi connectivity index (χ1v) is 10.9. The molecule has 4 nitrogen and oxygen atoms in total. The molecule has 0 aromatic carbocycles. The van der Waals surface area contributed by atoms with Gasteiger partial charge in [-0.1, -0.05) is 0 Å². The van der Waals surface area contributed by atoms with Crippen LogP contribution in [0.25, 0.3) is 0 Å². The van der Waals surface area contributed by atoms with Crippen molar-refractivity contribution in [3.63, 3.8) is 0 Å². The molecule has 0 fully saturated rings. The molecule has 0 heterocycles. The van der Waals surface area contributed by atoms with E-state index in [0.717, 1.165) is 48.7 Å². The first-order chi connectivity index (χ1) is 11.1. The fourth-order valence-corrected chi connectivity index (χ4v) is 4.17. The van der Waals surface area contributed by atoms with Crippen LogP contribution < -0.4 is 0 Å². The van der Waals surface area contributed by atoms with E-state index in [1.807, 2.05) is 37.4 Å². The maximum Gasteiger partial charge on any atom is 0.311 e. The molecule has 0 rings (SSSR count). The lowest BCUT2D eigenvalue weighted by Gasteiger charge is -2.20. The number of ether oxygens (including phenoxy) is 1. The molecule has 0 atom stereocenters. The van der Waals surface area contributed by atoms with Gasteiger partial charge in [-0.3, -0.25) is 9.59 Å². The maximum absolute atomic E-state index is 11.6. The minimum absolute atomic E-state index is 0.130. The molecule has 0 spiro atoms. The fourth-order valence-electron chi connectivity index (χ4n) is 2.18. The van der Waals surface area contributed by atoms with Crippen LogP contribution in [0, 0.1) is 10.8 Å². The normalized spacial score (nSPS) is 12.2. The summed E-state index contributed by atoms with van der Waals surface area (Å²) in [5, 5.41) is 9.04. The van der Waals surface area contributed by atoms with E-state index < -0.39 is 11.4 Å². The second-order valence-electron chi connectivity index (χ2n) is 7.35. The van der Waals surface area contributed by atoms with Crippen molar-refractivity contribution in [1.82, 2.24) is 0 Å². The third-order valence-corrected chi connectivity index (χ3v) is 6.38. The number of carboxylic acid groups (broad SMARTS) is 1. The van der Waals surface area contributed by atoms with Gasteiger partial charge in [0, 0.05) is 0 Å². The van der Waals surface area contributed by atoms with Crippen LogP contribution in [-0.2, 0) is 14.3 Å². The van der Waals surface area contributed by atoms with Gasteiger partial charge >= 0.3 is 11.9 Å². The minimum atomic E-state index is -0.709. The fraction of sp³-hybridized carbons (Fsp3) is 0.889. The molecular weight excluding hydrogens is 344 g/mol. The highest BCUT2D eigenvalue weighted by molar-refractivity contribution is 8.00. The van der Waals surface area contributed by atoms with Gasteiger partial charge in [-0.05, 0) is 82.8 Å². The molecule has 0 aliphatic heterocycles. The first kappa shape index (κ1) is 23.6. The average Bonchev–Trinajstić information content (AvgIpc) is 2.51. The van der Waals surface area contributed by atoms with Crippen LogP contribution in [0.3, 0.4) is 0 Å². The second-order valence-corrected chi connectivity index (χ2v) is 9.80. The monoisotopic (exact) mass is 378 g/mol. The second kappa shape index (κ2) is 12.1. The van der Waals surface area contributed by atoms with Crippen LogP contribution in [0.1, 0.15) is 59.8 Å². The predicted octanol–water partition coefficient (Wildman–Crippen LogP) is 4.71. The third kappa shape index (κ3) is 10.5. The molecule has 0 saturated carbocycles. The van der Waals surface area contributed by atoms with Crippen molar-refractivity contribution < 1.29 is 19.4 Å². The Morgan fingerprint density at radius 1 is 0.833 bits per heavy atom. The summed E-state index contributed by atoms with van der Waals surface area (Å²) in [6, 6.07) is 0. The zero-order valence-electron chi connectivity index (χ0n) is 15.9. The van der Waals surface area contributed by atoms with E-state index in [9.17, 15) is 9.59 Å². The van der Waals surface area contributed by atoms with Crippen LogP contribution in [0.15, 0.2) is 0 Å².